The Labute approximate surface area is 105 Å². The molecule has 0 aromatic carbocycles. The van der Waals surface area contributed by atoms with Gasteiger partial charge in [0.2, 0.25) is 5.91 Å². The molecule has 0 saturated carbocycles. The van der Waals surface area contributed by atoms with Crippen molar-refractivity contribution < 1.29 is 4.79 Å². The lowest BCUT2D eigenvalue weighted by Crippen LogP contribution is -2.46. The summed E-state index contributed by atoms with van der Waals surface area (Å²) in [7, 11) is 0. The second-order valence-electron chi connectivity index (χ2n) is 5.60. The van der Waals surface area contributed by atoms with Gasteiger partial charge in [0.05, 0.1) is 5.92 Å². The average molecular weight is 238 g/mol. The van der Waals surface area contributed by atoms with Crippen molar-refractivity contribution in [3.05, 3.63) is 0 Å². The fourth-order valence-corrected chi connectivity index (χ4v) is 3.17. The van der Waals surface area contributed by atoms with Gasteiger partial charge in [-0.15, -0.1) is 0 Å². The largest absolute Gasteiger partial charge is 0.342 e. The van der Waals surface area contributed by atoms with Crippen LogP contribution in [-0.2, 0) is 4.79 Å². The molecule has 0 unspecified atom stereocenters. The molecule has 0 spiro atoms. The summed E-state index contributed by atoms with van der Waals surface area (Å²) in [6.45, 7) is 6.24. The highest BCUT2D eigenvalue weighted by Gasteiger charge is 2.28. The van der Waals surface area contributed by atoms with E-state index in [0.29, 0.717) is 5.91 Å². The molecule has 2 saturated heterocycles. The third kappa shape index (κ3) is 3.44. The van der Waals surface area contributed by atoms with Crippen molar-refractivity contribution in [2.45, 2.75) is 45.4 Å². The number of carbonyl (C=O) groups is 1. The first-order chi connectivity index (χ1) is 8.31. The van der Waals surface area contributed by atoms with Gasteiger partial charge in [-0.3, -0.25) is 4.79 Å². The molecule has 2 heterocycles. The summed E-state index contributed by atoms with van der Waals surface area (Å²) in [6, 6.07) is 0. The lowest BCUT2D eigenvalue weighted by atomic mass is 9.91. The number of nitrogens with zero attached hydrogens (tertiary/aromatic N) is 1. The van der Waals surface area contributed by atoms with Crippen LogP contribution in [0.5, 0.6) is 0 Å². The van der Waals surface area contributed by atoms with E-state index >= 15 is 0 Å². The third-order valence-corrected chi connectivity index (χ3v) is 4.27. The van der Waals surface area contributed by atoms with Crippen LogP contribution < -0.4 is 5.32 Å². The van der Waals surface area contributed by atoms with Gasteiger partial charge >= 0.3 is 0 Å². The van der Waals surface area contributed by atoms with E-state index in [9.17, 15) is 4.79 Å². The fraction of sp³-hybridized carbons (Fsp3) is 0.929. The second-order valence-corrected chi connectivity index (χ2v) is 5.60. The molecule has 98 valence electrons. The Kier molecular flexibility index (Phi) is 4.84. The fourth-order valence-electron chi connectivity index (χ4n) is 3.17. The van der Waals surface area contributed by atoms with E-state index in [2.05, 4.69) is 17.1 Å². The number of amides is 1. The molecule has 1 atom stereocenters. The number of piperidine rings is 2. The minimum Gasteiger partial charge on any atom is -0.342 e. The maximum Gasteiger partial charge on any atom is 0.226 e. The molecule has 2 aliphatic rings. The van der Waals surface area contributed by atoms with Crippen LogP contribution in [0.4, 0.5) is 0 Å². The third-order valence-electron chi connectivity index (χ3n) is 4.27. The van der Waals surface area contributed by atoms with Crippen LogP contribution in [0.3, 0.4) is 0 Å². The van der Waals surface area contributed by atoms with Crippen molar-refractivity contribution >= 4 is 5.91 Å². The summed E-state index contributed by atoms with van der Waals surface area (Å²) in [5.41, 5.74) is 0. The van der Waals surface area contributed by atoms with Crippen molar-refractivity contribution in [1.82, 2.24) is 10.2 Å². The smallest absolute Gasteiger partial charge is 0.226 e. The van der Waals surface area contributed by atoms with Crippen LogP contribution in [0.15, 0.2) is 0 Å². The molecule has 1 N–H and O–H groups in total. The highest BCUT2D eigenvalue weighted by atomic mass is 16.2. The van der Waals surface area contributed by atoms with Gasteiger partial charge in [-0.05, 0) is 38.1 Å². The van der Waals surface area contributed by atoms with Crippen LogP contribution >= 0.6 is 0 Å². The van der Waals surface area contributed by atoms with Crippen molar-refractivity contribution in [2.75, 3.05) is 26.2 Å². The summed E-state index contributed by atoms with van der Waals surface area (Å²) in [5, 5.41) is 3.34. The monoisotopic (exact) mass is 238 g/mol. The zero-order valence-electron chi connectivity index (χ0n) is 11.1. The number of carbonyl (C=O) groups excluding carboxylic acids is 1. The zero-order valence-corrected chi connectivity index (χ0v) is 11.1. The zero-order chi connectivity index (χ0) is 12.1. The minimum atomic E-state index is 0.256. The predicted octanol–water partition coefficient (Wildman–Crippen LogP) is 2.02. The van der Waals surface area contributed by atoms with Gasteiger partial charge in [0.15, 0.2) is 0 Å². The van der Waals surface area contributed by atoms with E-state index in [-0.39, 0.29) is 5.92 Å². The highest BCUT2D eigenvalue weighted by molar-refractivity contribution is 5.79. The summed E-state index contributed by atoms with van der Waals surface area (Å²) in [6.07, 6.45) is 7.31. The number of hydrogen-bond donors (Lipinski definition) is 1. The van der Waals surface area contributed by atoms with E-state index in [0.717, 1.165) is 44.9 Å². The van der Waals surface area contributed by atoms with E-state index in [1.165, 1.54) is 25.7 Å². The van der Waals surface area contributed by atoms with Gasteiger partial charge in [0, 0.05) is 19.6 Å². The van der Waals surface area contributed by atoms with Crippen molar-refractivity contribution in [3.8, 4) is 0 Å². The Balaban J connectivity index is 1.77. The Bertz CT molecular complexity index is 241. The van der Waals surface area contributed by atoms with Crippen LogP contribution in [0.2, 0.25) is 0 Å². The highest BCUT2D eigenvalue weighted by Crippen LogP contribution is 2.23. The Morgan fingerprint density at radius 1 is 1.29 bits per heavy atom. The predicted molar refractivity (Wildman–Crippen MR) is 69.8 cm³/mol. The van der Waals surface area contributed by atoms with Gasteiger partial charge in [-0.2, -0.15) is 0 Å². The molecular weight excluding hydrogens is 212 g/mol. The molecule has 3 nitrogen and oxygen atoms in total. The average Bonchev–Trinajstić information content (AvgIpc) is 2.40. The van der Waals surface area contributed by atoms with Crippen molar-refractivity contribution in [2.24, 2.45) is 11.8 Å². The number of likely N-dealkylation sites (tertiary alicyclic amines) is 1. The molecular formula is C14H26N2O. The number of hydrogen-bond acceptors (Lipinski definition) is 2. The molecule has 0 aliphatic carbocycles. The molecule has 2 aliphatic heterocycles. The van der Waals surface area contributed by atoms with Gasteiger partial charge < -0.3 is 10.2 Å². The molecule has 2 rings (SSSR count). The Morgan fingerprint density at radius 2 is 2.06 bits per heavy atom. The maximum atomic E-state index is 12.3. The number of rotatable bonds is 3. The van der Waals surface area contributed by atoms with Gasteiger partial charge in [0.1, 0.15) is 0 Å². The van der Waals surface area contributed by atoms with Gasteiger partial charge in [-0.25, -0.2) is 0 Å². The Hall–Kier alpha value is -0.570. The van der Waals surface area contributed by atoms with Crippen LogP contribution in [0.1, 0.15) is 45.4 Å². The summed E-state index contributed by atoms with van der Waals surface area (Å²) < 4.78 is 0. The first-order valence-electron chi connectivity index (χ1n) is 7.30. The molecule has 2 fully saturated rings. The molecule has 0 aromatic rings. The van der Waals surface area contributed by atoms with Crippen molar-refractivity contribution in [3.63, 3.8) is 0 Å². The maximum absolute atomic E-state index is 12.3. The SMILES string of the molecule is CCCC1CCN(C(=O)[C@@H]2CCCNC2)CC1. The first kappa shape index (κ1) is 12.9. The first-order valence-corrected chi connectivity index (χ1v) is 7.30. The summed E-state index contributed by atoms with van der Waals surface area (Å²) >= 11 is 0. The van der Waals surface area contributed by atoms with Gasteiger partial charge in [0.25, 0.3) is 0 Å². The normalized spacial score (nSPS) is 27.1. The van der Waals surface area contributed by atoms with Crippen LogP contribution in [-0.4, -0.2) is 37.0 Å². The summed E-state index contributed by atoms with van der Waals surface area (Å²) in [5.74, 6) is 1.53. The van der Waals surface area contributed by atoms with E-state index in [1.807, 2.05) is 0 Å². The molecule has 0 bridgehead atoms. The van der Waals surface area contributed by atoms with Gasteiger partial charge in [-0.1, -0.05) is 19.8 Å². The van der Waals surface area contributed by atoms with E-state index in [1.54, 1.807) is 0 Å². The van der Waals surface area contributed by atoms with E-state index < -0.39 is 0 Å². The molecule has 1 amide bonds. The van der Waals surface area contributed by atoms with E-state index in [4.69, 9.17) is 0 Å². The standard InChI is InChI=1S/C14H26N2O/c1-2-4-12-6-9-16(10-7-12)14(17)13-5-3-8-15-11-13/h12-13,15H,2-11H2,1H3/t13-/m1/s1. The van der Waals surface area contributed by atoms with Crippen LogP contribution in [0.25, 0.3) is 0 Å². The topological polar surface area (TPSA) is 32.3 Å². The quantitative estimate of drug-likeness (QED) is 0.816. The molecule has 3 heteroatoms. The lowest BCUT2D eigenvalue weighted by molar-refractivity contribution is -0.137. The Morgan fingerprint density at radius 3 is 2.65 bits per heavy atom. The lowest BCUT2D eigenvalue weighted by Gasteiger charge is -2.35. The minimum absolute atomic E-state index is 0.256. The van der Waals surface area contributed by atoms with Crippen molar-refractivity contribution in [1.29, 1.82) is 0 Å². The molecule has 0 aromatic heterocycles. The second kappa shape index (κ2) is 6.39. The molecule has 0 radical (unpaired) electrons. The van der Waals surface area contributed by atoms with Crippen LogP contribution in [0, 0.1) is 11.8 Å². The number of nitrogens with one attached hydrogen (secondary N) is 1. The summed E-state index contributed by atoms with van der Waals surface area (Å²) in [4.78, 5) is 14.4. The molecule has 17 heavy (non-hydrogen) atoms.